The van der Waals surface area contributed by atoms with Crippen LogP contribution in [0.3, 0.4) is 0 Å². The second kappa shape index (κ2) is 12.2. The van der Waals surface area contributed by atoms with Gasteiger partial charge in [-0.05, 0) is 12.7 Å². The number of hydrogen-bond donors (Lipinski definition) is 1. The lowest BCUT2D eigenvalue weighted by atomic mass is 9.98. The molecule has 4 fully saturated rings. The van der Waals surface area contributed by atoms with Gasteiger partial charge in [-0.2, -0.15) is 0 Å². The van der Waals surface area contributed by atoms with Gasteiger partial charge in [-0.1, -0.05) is 37.3 Å². The molecule has 13 heteroatoms. The molecule has 1 N–H and O–H groups in total. The van der Waals surface area contributed by atoms with E-state index in [0.717, 1.165) is 5.56 Å². The van der Waals surface area contributed by atoms with Crippen LogP contribution in [0.2, 0.25) is 0 Å². The third-order valence-corrected chi connectivity index (χ3v) is 8.12. The SMILES string of the molecule is CCS[C@@H]1O[C@@H]2CO[C@@H](c3ccccc3)O[C@H]2[C@H](O[C@]2(C)O[C@H]3O[C@@H](C)[C@H](OC(C)=O)[C@@H](OC(C)=O)[C@H]3O2)[C@H]1O. The maximum atomic E-state index is 12.0. The monoisotopic (exact) mass is 584 g/mol. The Kier molecular flexibility index (Phi) is 9.05. The Morgan fingerprint density at radius 1 is 1.00 bits per heavy atom. The van der Waals surface area contributed by atoms with Crippen LogP contribution >= 0.6 is 11.8 Å². The normalized spacial score (nSPS) is 42.9. The average Bonchev–Trinajstić information content (AvgIpc) is 3.24. The zero-order chi connectivity index (χ0) is 28.6. The number of thioether (sulfide) groups is 1. The van der Waals surface area contributed by atoms with Crippen molar-refractivity contribution >= 4 is 23.7 Å². The number of ether oxygens (including phenoxy) is 9. The molecule has 4 aliphatic rings. The summed E-state index contributed by atoms with van der Waals surface area (Å²) in [6, 6.07) is 9.44. The van der Waals surface area contributed by atoms with E-state index in [1.54, 1.807) is 6.92 Å². The fourth-order valence-corrected chi connectivity index (χ4v) is 6.34. The van der Waals surface area contributed by atoms with Gasteiger partial charge in [-0.15, -0.1) is 11.8 Å². The van der Waals surface area contributed by atoms with E-state index in [0.29, 0.717) is 5.75 Å². The van der Waals surface area contributed by atoms with Crippen molar-refractivity contribution in [2.45, 2.75) is 107 Å². The zero-order valence-corrected chi connectivity index (χ0v) is 23.8. The number of hydrogen-bond acceptors (Lipinski definition) is 13. The summed E-state index contributed by atoms with van der Waals surface area (Å²) < 4.78 is 53.9. The van der Waals surface area contributed by atoms with E-state index >= 15 is 0 Å². The molecule has 0 radical (unpaired) electrons. The smallest absolute Gasteiger partial charge is 0.303 e. The molecule has 0 amide bonds. The van der Waals surface area contributed by atoms with Crippen LogP contribution in [-0.2, 0) is 52.2 Å². The molecule has 1 aromatic rings. The molecule has 4 aliphatic heterocycles. The summed E-state index contributed by atoms with van der Waals surface area (Å²) in [6.45, 7) is 7.91. The van der Waals surface area contributed by atoms with E-state index in [9.17, 15) is 14.7 Å². The molecule has 0 aromatic heterocycles. The quantitative estimate of drug-likeness (QED) is 0.468. The first-order chi connectivity index (χ1) is 19.1. The highest BCUT2D eigenvalue weighted by molar-refractivity contribution is 7.99. The van der Waals surface area contributed by atoms with E-state index in [2.05, 4.69) is 0 Å². The number of benzene rings is 1. The topological polar surface area (TPSA) is 137 Å². The van der Waals surface area contributed by atoms with Gasteiger partial charge in [0.1, 0.15) is 29.9 Å². The fraction of sp³-hybridized carbons (Fsp3) is 0.704. The molecule has 12 atom stereocenters. The van der Waals surface area contributed by atoms with Crippen LogP contribution in [0, 0.1) is 0 Å². The van der Waals surface area contributed by atoms with Gasteiger partial charge in [-0.3, -0.25) is 14.3 Å². The Morgan fingerprint density at radius 2 is 1.70 bits per heavy atom. The zero-order valence-electron chi connectivity index (χ0n) is 23.0. The van der Waals surface area contributed by atoms with E-state index in [-0.39, 0.29) is 6.61 Å². The average molecular weight is 585 g/mol. The van der Waals surface area contributed by atoms with Crippen LogP contribution in [0.4, 0.5) is 0 Å². The molecule has 0 aliphatic carbocycles. The van der Waals surface area contributed by atoms with Crippen molar-refractivity contribution < 1.29 is 57.3 Å². The minimum absolute atomic E-state index is 0.223. The highest BCUT2D eigenvalue weighted by atomic mass is 32.2. The molecule has 222 valence electrons. The van der Waals surface area contributed by atoms with Gasteiger partial charge >= 0.3 is 11.9 Å². The van der Waals surface area contributed by atoms with E-state index in [1.807, 2.05) is 37.3 Å². The van der Waals surface area contributed by atoms with Crippen LogP contribution in [-0.4, -0.2) is 95.9 Å². The minimum Gasteiger partial charge on any atom is -0.456 e. The minimum atomic E-state index is -1.74. The highest BCUT2D eigenvalue weighted by Crippen LogP contribution is 2.44. The van der Waals surface area contributed by atoms with Crippen molar-refractivity contribution in [1.29, 1.82) is 0 Å². The molecule has 5 rings (SSSR count). The summed E-state index contributed by atoms with van der Waals surface area (Å²) in [7, 11) is 0. The molecule has 1 aromatic carbocycles. The lowest BCUT2D eigenvalue weighted by Crippen LogP contribution is -2.63. The summed E-state index contributed by atoms with van der Waals surface area (Å²) in [6.07, 6.45) is -8.59. The largest absolute Gasteiger partial charge is 0.456 e. The Labute approximate surface area is 236 Å². The van der Waals surface area contributed by atoms with Crippen LogP contribution in [0.25, 0.3) is 0 Å². The Bertz CT molecular complexity index is 1040. The lowest BCUT2D eigenvalue weighted by Gasteiger charge is -2.49. The van der Waals surface area contributed by atoms with Gasteiger partial charge in [-0.25, -0.2) is 0 Å². The maximum absolute atomic E-state index is 12.0. The molecule has 0 saturated carbocycles. The molecule has 0 spiro atoms. The van der Waals surface area contributed by atoms with Gasteiger partial charge < -0.3 is 43.0 Å². The summed E-state index contributed by atoms with van der Waals surface area (Å²) in [5, 5.41) is 11.4. The predicted molar refractivity (Wildman–Crippen MR) is 137 cm³/mol. The van der Waals surface area contributed by atoms with Gasteiger partial charge in [0.25, 0.3) is 5.97 Å². The number of esters is 2. The van der Waals surface area contributed by atoms with Crippen molar-refractivity contribution in [2.24, 2.45) is 0 Å². The third-order valence-electron chi connectivity index (χ3n) is 7.07. The van der Waals surface area contributed by atoms with Gasteiger partial charge in [0.15, 0.2) is 30.9 Å². The number of carbonyl (C=O) groups excluding carboxylic acids is 2. The molecular formula is C27H36O12S. The summed E-state index contributed by atoms with van der Waals surface area (Å²) in [5.41, 5.74) is 0.204. The predicted octanol–water partition coefficient (Wildman–Crippen LogP) is 2.02. The standard InChI is InChI=1S/C27H36O12S/c1-6-40-26-18(30)21(20-17(35-26)12-31-24(36-20)16-10-8-7-9-11-16)37-27(5)38-23-22(34-15(4)29)19(33-14(3)28)13(2)32-25(23)39-27/h7-11,13,17-26,30H,6,12H2,1-5H3/t13-,17+,18+,19-,20+,21+,22+,23+,24+,25+,26-,27-/m0/s1. The van der Waals surface area contributed by atoms with Crippen LogP contribution in [0.1, 0.15) is 46.5 Å². The molecule has 4 saturated heterocycles. The summed E-state index contributed by atoms with van der Waals surface area (Å²) >= 11 is 1.43. The summed E-state index contributed by atoms with van der Waals surface area (Å²) in [4.78, 5) is 23.7. The second-order valence-corrected chi connectivity index (χ2v) is 11.5. The number of carbonyl (C=O) groups is 2. The fourth-order valence-electron chi connectivity index (χ4n) is 5.44. The van der Waals surface area contributed by atoms with Gasteiger partial charge in [0, 0.05) is 26.3 Å². The molecular weight excluding hydrogens is 548 g/mol. The number of rotatable bonds is 7. The van der Waals surface area contributed by atoms with Crippen molar-refractivity contribution in [3.8, 4) is 0 Å². The first-order valence-corrected chi connectivity index (χ1v) is 14.4. The highest BCUT2D eigenvalue weighted by Gasteiger charge is 2.61. The number of aliphatic hydroxyl groups is 1. The van der Waals surface area contributed by atoms with E-state index in [1.165, 1.54) is 32.5 Å². The van der Waals surface area contributed by atoms with Gasteiger partial charge in [0.2, 0.25) is 0 Å². The molecule has 0 bridgehead atoms. The molecule has 12 nitrogen and oxygen atoms in total. The van der Waals surface area contributed by atoms with Gasteiger partial charge in [0.05, 0.1) is 12.7 Å². The molecule has 4 heterocycles. The second-order valence-electron chi connectivity index (χ2n) is 10.2. The Balaban J connectivity index is 1.38. The van der Waals surface area contributed by atoms with E-state index < -0.39 is 84.8 Å². The van der Waals surface area contributed by atoms with Crippen LogP contribution in [0.5, 0.6) is 0 Å². The van der Waals surface area contributed by atoms with Crippen molar-refractivity contribution in [2.75, 3.05) is 12.4 Å². The van der Waals surface area contributed by atoms with Crippen LogP contribution < -0.4 is 0 Å². The maximum Gasteiger partial charge on any atom is 0.303 e. The molecule has 0 unspecified atom stereocenters. The number of aliphatic hydroxyl groups excluding tert-OH is 1. The first-order valence-electron chi connectivity index (χ1n) is 13.4. The Morgan fingerprint density at radius 3 is 2.38 bits per heavy atom. The number of fused-ring (bicyclic) bond motifs is 2. The van der Waals surface area contributed by atoms with Crippen molar-refractivity contribution in [3.63, 3.8) is 0 Å². The van der Waals surface area contributed by atoms with E-state index in [4.69, 9.17) is 42.6 Å². The van der Waals surface area contributed by atoms with Crippen molar-refractivity contribution in [3.05, 3.63) is 35.9 Å². The Hall–Kier alpha value is -1.81. The first kappa shape index (κ1) is 29.7. The van der Waals surface area contributed by atoms with Crippen LogP contribution in [0.15, 0.2) is 30.3 Å². The van der Waals surface area contributed by atoms with Crippen molar-refractivity contribution in [1.82, 2.24) is 0 Å². The molecule has 40 heavy (non-hydrogen) atoms. The third kappa shape index (κ3) is 6.18. The summed E-state index contributed by atoms with van der Waals surface area (Å²) in [5.74, 6) is -2.19. The lowest BCUT2D eigenvalue weighted by molar-refractivity contribution is -0.403.